The molecule has 0 radical (unpaired) electrons. The van der Waals surface area contributed by atoms with E-state index in [1.165, 1.54) is 32.4 Å². The minimum atomic E-state index is -0.627. The van der Waals surface area contributed by atoms with Crippen LogP contribution in [0.1, 0.15) is 0 Å². The summed E-state index contributed by atoms with van der Waals surface area (Å²) in [5, 5.41) is 29.6. The van der Waals surface area contributed by atoms with Crippen molar-refractivity contribution < 1.29 is 28.8 Å². The number of nitro benzene ring substituents is 2. The van der Waals surface area contributed by atoms with Crippen LogP contribution >= 0.6 is 0 Å². The highest BCUT2D eigenvalue weighted by Crippen LogP contribution is 2.29. The average Bonchev–Trinajstić information content (AvgIpc) is 2.54. The van der Waals surface area contributed by atoms with Crippen molar-refractivity contribution in [2.75, 3.05) is 14.2 Å². The first-order chi connectivity index (χ1) is 11.3. The van der Waals surface area contributed by atoms with E-state index in [0.29, 0.717) is 0 Å². The summed E-state index contributed by atoms with van der Waals surface area (Å²) >= 11 is 0. The van der Waals surface area contributed by atoms with E-state index < -0.39 is 15.7 Å². The van der Waals surface area contributed by atoms with Crippen LogP contribution in [0, 0.1) is 26.0 Å². The molecular formula is C14H13FN2O7. The number of benzene rings is 2. The predicted octanol–water partition coefficient (Wildman–Crippen LogP) is 3.05. The number of phenolic OH excluding ortho intramolecular Hbond substituents is 1. The second-order valence-corrected chi connectivity index (χ2v) is 4.19. The minimum absolute atomic E-state index is 0.0556. The van der Waals surface area contributed by atoms with Gasteiger partial charge in [-0.15, -0.1) is 0 Å². The molecule has 0 aliphatic carbocycles. The van der Waals surface area contributed by atoms with E-state index in [-0.39, 0.29) is 28.6 Å². The largest absolute Gasteiger partial charge is 0.508 e. The third-order valence-corrected chi connectivity index (χ3v) is 2.70. The highest BCUT2D eigenvalue weighted by molar-refractivity contribution is 5.50. The molecule has 0 aliphatic rings. The SMILES string of the molecule is COc1cc(F)ccc1[N+](=O)[O-].COc1cc(O)ccc1[N+](=O)[O-]. The van der Waals surface area contributed by atoms with E-state index in [1.54, 1.807) is 0 Å². The highest BCUT2D eigenvalue weighted by atomic mass is 19.1. The molecule has 0 saturated heterocycles. The molecule has 0 bridgehead atoms. The first-order valence-electron chi connectivity index (χ1n) is 6.29. The molecule has 0 amide bonds. The fraction of sp³-hybridized carbons (Fsp3) is 0.143. The van der Waals surface area contributed by atoms with Crippen LogP contribution in [0.25, 0.3) is 0 Å². The van der Waals surface area contributed by atoms with E-state index in [0.717, 1.165) is 18.2 Å². The fourth-order valence-electron chi connectivity index (χ4n) is 1.62. The first kappa shape index (κ1) is 18.6. The molecule has 0 heterocycles. The maximum atomic E-state index is 12.5. The molecule has 9 nitrogen and oxygen atoms in total. The van der Waals surface area contributed by atoms with Crippen LogP contribution in [0.5, 0.6) is 17.2 Å². The third-order valence-electron chi connectivity index (χ3n) is 2.70. The molecule has 2 rings (SSSR count). The Bertz CT molecular complexity index is 688. The average molecular weight is 340 g/mol. The van der Waals surface area contributed by atoms with Crippen molar-refractivity contribution in [3.8, 4) is 17.2 Å². The molecule has 0 unspecified atom stereocenters. The number of nitro groups is 2. The molecule has 2 aromatic carbocycles. The van der Waals surface area contributed by atoms with Gasteiger partial charge >= 0.3 is 11.4 Å². The Morgan fingerprint density at radius 3 is 1.83 bits per heavy atom. The minimum Gasteiger partial charge on any atom is -0.508 e. The number of methoxy groups -OCH3 is 2. The Morgan fingerprint density at radius 2 is 1.38 bits per heavy atom. The molecule has 24 heavy (non-hydrogen) atoms. The third kappa shape index (κ3) is 4.80. The number of ether oxygens (including phenoxy) is 2. The zero-order chi connectivity index (χ0) is 18.3. The number of rotatable bonds is 4. The van der Waals surface area contributed by atoms with Crippen LogP contribution in [-0.2, 0) is 0 Å². The van der Waals surface area contributed by atoms with Crippen molar-refractivity contribution in [1.29, 1.82) is 0 Å². The van der Waals surface area contributed by atoms with Gasteiger partial charge in [-0.3, -0.25) is 20.2 Å². The van der Waals surface area contributed by atoms with Crippen LogP contribution < -0.4 is 9.47 Å². The summed E-state index contributed by atoms with van der Waals surface area (Å²) in [4.78, 5) is 19.4. The molecule has 128 valence electrons. The maximum absolute atomic E-state index is 12.5. The Hall–Kier alpha value is -3.43. The molecule has 0 saturated carbocycles. The van der Waals surface area contributed by atoms with Crippen molar-refractivity contribution in [2.45, 2.75) is 0 Å². The van der Waals surface area contributed by atoms with E-state index in [4.69, 9.17) is 5.11 Å². The smallest absolute Gasteiger partial charge is 0.311 e. The van der Waals surface area contributed by atoms with E-state index in [9.17, 15) is 24.6 Å². The first-order valence-corrected chi connectivity index (χ1v) is 6.29. The number of phenols is 1. The maximum Gasteiger partial charge on any atom is 0.311 e. The molecule has 0 aromatic heterocycles. The Morgan fingerprint density at radius 1 is 0.917 bits per heavy atom. The van der Waals surface area contributed by atoms with Crippen LogP contribution in [0.3, 0.4) is 0 Å². The van der Waals surface area contributed by atoms with Gasteiger partial charge in [-0.05, 0) is 12.1 Å². The van der Waals surface area contributed by atoms with Gasteiger partial charge in [-0.1, -0.05) is 0 Å². The lowest BCUT2D eigenvalue weighted by atomic mass is 10.3. The second-order valence-electron chi connectivity index (χ2n) is 4.19. The Kier molecular flexibility index (Phi) is 6.41. The second kappa shape index (κ2) is 8.27. The fourth-order valence-corrected chi connectivity index (χ4v) is 1.62. The monoisotopic (exact) mass is 340 g/mol. The van der Waals surface area contributed by atoms with Crippen LogP contribution in [0.15, 0.2) is 36.4 Å². The number of nitrogens with zero attached hydrogens (tertiary/aromatic N) is 2. The topological polar surface area (TPSA) is 125 Å². The molecule has 0 fully saturated rings. The summed E-state index contributed by atoms with van der Waals surface area (Å²) in [5.41, 5.74) is -0.394. The summed E-state index contributed by atoms with van der Waals surface area (Å²) < 4.78 is 21.8. The van der Waals surface area contributed by atoms with E-state index in [1.807, 2.05) is 0 Å². The van der Waals surface area contributed by atoms with E-state index in [2.05, 4.69) is 9.47 Å². The summed E-state index contributed by atoms with van der Waals surface area (Å²) in [6.07, 6.45) is 0. The quantitative estimate of drug-likeness (QED) is 0.669. The predicted molar refractivity (Wildman–Crippen MR) is 80.9 cm³/mol. The number of halogens is 1. The summed E-state index contributed by atoms with van der Waals surface area (Å²) in [6.45, 7) is 0. The summed E-state index contributed by atoms with van der Waals surface area (Å²) in [6, 6.07) is 6.67. The van der Waals surface area contributed by atoms with Gasteiger partial charge < -0.3 is 14.6 Å². The van der Waals surface area contributed by atoms with Crippen molar-refractivity contribution in [3.63, 3.8) is 0 Å². The normalized spacial score (nSPS) is 9.46. The molecule has 2 aromatic rings. The molecule has 0 atom stereocenters. The summed E-state index contributed by atoms with van der Waals surface area (Å²) in [7, 11) is 2.56. The van der Waals surface area contributed by atoms with Gasteiger partial charge in [0.2, 0.25) is 5.75 Å². The van der Waals surface area contributed by atoms with Crippen LogP contribution in [0.4, 0.5) is 15.8 Å². The van der Waals surface area contributed by atoms with Crippen LogP contribution in [-0.4, -0.2) is 29.2 Å². The molecular weight excluding hydrogens is 327 g/mol. The van der Waals surface area contributed by atoms with Crippen molar-refractivity contribution in [1.82, 2.24) is 0 Å². The number of aromatic hydroxyl groups is 1. The van der Waals surface area contributed by atoms with Crippen molar-refractivity contribution >= 4 is 11.4 Å². The molecule has 1 N–H and O–H groups in total. The van der Waals surface area contributed by atoms with Gasteiger partial charge in [0.15, 0.2) is 5.75 Å². The molecule has 10 heteroatoms. The van der Waals surface area contributed by atoms with Gasteiger partial charge in [-0.2, -0.15) is 0 Å². The highest BCUT2D eigenvalue weighted by Gasteiger charge is 2.14. The van der Waals surface area contributed by atoms with Gasteiger partial charge in [0, 0.05) is 24.3 Å². The Labute approximate surface area is 135 Å². The molecule has 0 aliphatic heterocycles. The lowest BCUT2D eigenvalue weighted by Gasteiger charge is -2.00. The van der Waals surface area contributed by atoms with E-state index >= 15 is 0 Å². The Balaban J connectivity index is 0.000000240. The van der Waals surface area contributed by atoms with Crippen molar-refractivity contribution in [3.05, 3.63) is 62.4 Å². The standard InChI is InChI=1S/C7H6FNO3.C7H7NO4/c1-12-7-4-5(8)2-3-6(7)9(10)11;1-12-7-4-5(9)2-3-6(7)8(10)11/h2-4H,1H3;2-4,9H,1H3. The van der Waals surface area contributed by atoms with Gasteiger partial charge in [-0.25, -0.2) is 4.39 Å². The number of hydrogen-bond donors (Lipinski definition) is 1. The van der Waals surface area contributed by atoms with Gasteiger partial charge in [0.25, 0.3) is 0 Å². The zero-order valence-corrected chi connectivity index (χ0v) is 12.6. The zero-order valence-electron chi connectivity index (χ0n) is 12.6. The lowest BCUT2D eigenvalue weighted by Crippen LogP contribution is -1.93. The van der Waals surface area contributed by atoms with Crippen molar-refractivity contribution in [2.24, 2.45) is 0 Å². The van der Waals surface area contributed by atoms with Crippen LogP contribution in [0.2, 0.25) is 0 Å². The lowest BCUT2D eigenvalue weighted by molar-refractivity contribution is -0.385. The number of hydrogen-bond acceptors (Lipinski definition) is 7. The van der Waals surface area contributed by atoms with Gasteiger partial charge in [0.1, 0.15) is 11.6 Å². The molecule has 0 spiro atoms. The summed E-state index contributed by atoms with van der Waals surface area (Å²) in [5.74, 6) is -0.630. The van der Waals surface area contributed by atoms with Gasteiger partial charge in [0.05, 0.1) is 24.1 Å².